The Balaban J connectivity index is 1.54. The summed E-state index contributed by atoms with van der Waals surface area (Å²) in [5.41, 5.74) is 2.06. The second kappa shape index (κ2) is 10.0. The van der Waals surface area contributed by atoms with Gasteiger partial charge >= 0.3 is 0 Å². The van der Waals surface area contributed by atoms with Crippen LogP contribution in [0, 0.1) is 5.82 Å². The highest BCUT2D eigenvalue weighted by atomic mass is 35.5. The van der Waals surface area contributed by atoms with E-state index in [2.05, 4.69) is 10.6 Å². The van der Waals surface area contributed by atoms with E-state index in [4.69, 9.17) is 28.6 Å². The Morgan fingerprint density at radius 2 is 1.83 bits per heavy atom. The molecule has 0 aliphatic heterocycles. The van der Waals surface area contributed by atoms with Crippen LogP contribution in [0.1, 0.15) is 15.9 Å². The number of hydrogen-bond acceptors (Lipinski definition) is 3. The first-order valence-electron chi connectivity index (χ1n) is 8.85. The standard InChI is InChI=1S/C22H18ClFN2O2S/c23-19-14-17(9-10-20(19)24)25-22(29)26-21(27)16-7-4-8-18(13-16)28-12-11-15-5-2-1-3-6-15/h1-10,13-14H,11-12H2,(H2,25,26,27,29). The van der Waals surface area contributed by atoms with Crippen molar-refractivity contribution in [1.29, 1.82) is 0 Å². The zero-order valence-electron chi connectivity index (χ0n) is 15.3. The number of ether oxygens (including phenoxy) is 1. The van der Waals surface area contributed by atoms with Crippen molar-refractivity contribution in [1.82, 2.24) is 5.32 Å². The molecule has 0 atom stereocenters. The zero-order valence-corrected chi connectivity index (χ0v) is 16.9. The van der Waals surface area contributed by atoms with E-state index in [0.29, 0.717) is 23.6 Å². The number of halogens is 2. The molecule has 3 aromatic carbocycles. The average Bonchev–Trinajstić information content (AvgIpc) is 2.72. The van der Waals surface area contributed by atoms with E-state index >= 15 is 0 Å². The number of amides is 1. The van der Waals surface area contributed by atoms with Crippen LogP contribution in [0.3, 0.4) is 0 Å². The molecule has 0 bridgehead atoms. The van der Waals surface area contributed by atoms with E-state index in [0.717, 1.165) is 6.42 Å². The molecule has 0 aliphatic carbocycles. The van der Waals surface area contributed by atoms with Crippen LogP contribution in [0.2, 0.25) is 5.02 Å². The minimum atomic E-state index is -0.531. The molecule has 3 aromatic rings. The van der Waals surface area contributed by atoms with Gasteiger partial charge in [0.05, 0.1) is 11.6 Å². The first-order valence-corrected chi connectivity index (χ1v) is 9.64. The molecular weight excluding hydrogens is 411 g/mol. The van der Waals surface area contributed by atoms with Gasteiger partial charge in [-0.1, -0.05) is 48.0 Å². The molecule has 0 radical (unpaired) electrons. The number of anilines is 1. The number of nitrogens with one attached hydrogen (secondary N) is 2. The minimum absolute atomic E-state index is 0.0375. The largest absolute Gasteiger partial charge is 0.493 e. The van der Waals surface area contributed by atoms with Crippen molar-refractivity contribution in [3.63, 3.8) is 0 Å². The molecule has 7 heteroatoms. The van der Waals surface area contributed by atoms with Crippen LogP contribution in [-0.2, 0) is 6.42 Å². The maximum atomic E-state index is 13.2. The number of thiocarbonyl (C=S) groups is 1. The average molecular weight is 429 g/mol. The van der Waals surface area contributed by atoms with Crippen molar-refractivity contribution in [2.75, 3.05) is 11.9 Å². The monoisotopic (exact) mass is 428 g/mol. The third-order valence-corrected chi connectivity index (χ3v) is 4.50. The lowest BCUT2D eigenvalue weighted by atomic mass is 10.2. The lowest BCUT2D eigenvalue weighted by molar-refractivity contribution is 0.0977. The van der Waals surface area contributed by atoms with Crippen LogP contribution in [0.25, 0.3) is 0 Å². The fraction of sp³-hybridized carbons (Fsp3) is 0.0909. The summed E-state index contributed by atoms with van der Waals surface area (Å²) in [5.74, 6) is -0.321. The highest BCUT2D eigenvalue weighted by Gasteiger charge is 2.10. The Bertz CT molecular complexity index is 1010. The van der Waals surface area contributed by atoms with Crippen molar-refractivity contribution in [2.45, 2.75) is 6.42 Å². The second-order valence-electron chi connectivity index (χ2n) is 6.15. The summed E-state index contributed by atoms with van der Waals surface area (Å²) < 4.78 is 19.0. The van der Waals surface area contributed by atoms with Crippen LogP contribution in [0.15, 0.2) is 72.8 Å². The Labute approximate surface area is 178 Å². The first kappa shape index (κ1) is 20.8. The van der Waals surface area contributed by atoms with Gasteiger partial charge in [0.25, 0.3) is 5.91 Å². The lowest BCUT2D eigenvalue weighted by Gasteiger charge is -2.11. The van der Waals surface area contributed by atoms with Gasteiger partial charge in [-0.05, 0) is 54.2 Å². The van der Waals surface area contributed by atoms with Crippen molar-refractivity contribution >= 4 is 40.5 Å². The summed E-state index contributed by atoms with van der Waals surface area (Å²) in [4.78, 5) is 12.4. The Kier molecular flexibility index (Phi) is 7.16. The second-order valence-corrected chi connectivity index (χ2v) is 6.96. The molecule has 0 aromatic heterocycles. The third kappa shape index (κ3) is 6.27. The summed E-state index contributed by atoms with van der Waals surface area (Å²) in [6.45, 7) is 0.500. The molecule has 29 heavy (non-hydrogen) atoms. The molecule has 4 nitrogen and oxygen atoms in total. The molecule has 0 fully saturated rings. The molecule has 0 heterocycles. The number of rotatable bonds is 6. The van der Waals surface area contributed by atoms with E-state index in [9.17, 15) is 9.18 Å². The Morgan fingerprint density at radius 1 is 1.03 bits per heavy atom. The zero-order chi connectivity index (χ0) is 20.6. The van der Waals surface area contributed by atoms with Crippen LogP contribution >= 0.6 is 23.8 Å². The van der Waals surface area contributed by atoms with Gasteiger partial charge in [-0.2, -0.15) is 0 Å². The predicted octanol–water partition coefficient (Wildman–Crippen LogP) is 5.23. The van der Waals surface area contributed by atoms with Crippen LogP contribution in [0.5, 0.6) is 5.75 Å². The third-order valence-electron chi connectivity index (χ3n) is 4.00. The molecule has 1 amide bonds. The topological polar surface area (TPSA) is 50.4 Å². The van der Waals surface area contributed by atoms with Crippen molar-refractivity contribution in [2.24, 2.45) is 0 Å². The van der Waals surface area contributed by atoms with Crippen LogP contribution < -0.4 is 15.4 Å². The van der Waals surface area contributed by atoms with Crippen molar-refractivity contribution < 1.29 is 13.9 Å². The van der Waals surface area contributed by atoms with E-state index in [1.54, 1.807) is 24.3 Å². The van der Waals surface area contributed by atoms with E-state index < -0.39 is 5.82 Å². The molecule has 0 saturated heterocycles. The fourth-order valence-corrected chi connectivity index (χ4v) is 2.96. The predicted molar refractivity (Wildman–Crippen MR) is 117 cm³/mol. The molecule has 0 aliphatic rings. The maximum Gasteiger partial charge on any atom is 0.257 e. The van der Waals surface area contributed by atoms with Gasteiger partial charge < -0.3 is 10.1 Å². The number of hydrogen-bond donors (Lipinski definition) is 2. The Morgan fingerprint density at radius 3 is 2.59 bits per heavy atom. The quantitative estimate of drug-likeness (QED) is 0.528. The van der Waals surface area contributed by atoms with Crippen LogP contribution in [0.4, 0.5) is 10.1 Å². The van der Waals surface area contributed by atoms with E-state index in [1.807, 2.05) is 30.3 Å². The highest BCUT2D eigenvalue weighted by Crippen LogP contribution is 2.19. The summed E-state index contributed by atoms with van der Waals surface area (Å²) in [6.07, 6.45) is 0.769. The Hall–Kier alpha value is -2.96. The van der Waals surface area contributed by atoms with Crippen LogP contribution in [-0.4, -0.2) is 17.6 Å². The van der Waals surface area contributed by atoms with Gasteiger partial charge in [-0.3, -0.25) is 10.1 Å². The van der Waals surface area contributed by atoms with Crippen molar-refractivity contribution in [3.05, 3.63) is 94.8 Å². The summed E-state index contributed by atoms with van der Waals surface area (Å²) >= 11 is 10.9. The highest BCUT2D eigenvalue weighted by molar-refractivity contribution is 7.80. The molecule has 2 N–H and O–H groups in total. The SMILES string of the molecule is O=C(NC(=S)Nc1ccc(F)c(Cl)c1)c1cccc(OCCc2ccccc2)c1. The van der Waals surface area contributed by atoms with Gasteiger partial charge in [0, 0.05) is 17.7 Å². The molecular formula is C22H18ClFN2O2S. The smallest absolute Gasteiger partial charge is 0.257 e. The maximum absolute atomic E-state index is 13.2. The molecule has 0 spiro atoms. The first-order chi connectivity index (χ1) is 14.0. The number of benzene rings is 3. The lowest BCUT2D eigenvalue weighted by Crippen LogP contribution is -2.34. The molecule has 148 valence electrons. The fourth-order valence-electron chi connectivity index (χ4n) is 2.57. The number of carbonyl (C=O) groups is 1. The number of carbonyl (C=O) groups excluding carboxylic acids is 1. The van der Waals surface area contributed by atoms with Gasteiger partial charge in [0.1, 0.15) is 11.6 Å². The minimum Gasteiger partial charge on any atom is -0.493 e. The molecule has 0 unspecified atom stereocenters. The van der Waals surface area contributed by atoms with Gasteiger partial charge in [-0.25, -0.2) is 4.39 Å². The summed E-state index contributed by atoms with van der Waals surface area (Å²) in [7, 11) is 0. The summed E-state index contributed by atoms with van der Waals surface area (Å²) in [6, 6.07) is 20.9. The summed E-state index contributed by atoms with van der Waals surface area (Å²) in [5, 5.41) is 5.41. The molecule has 3 rings (SSSR count). The van der Waals surface area contributed by atoms with Gasteiger partial charge in [-0.15, -0.1) is 0 Å². The van der Waals surface area contributed by atoms with Crippen molar-refractivity contribution in [3.8, 4) is 5.75 Å². The molecule has 0 saturated carbocycles. The van der Waals surface area contributed by atoms with E-state index in [1.165, 1.54) is 23.8 Å². The van der Waals surface area contributed by atoms with E-state index in [-0.39, 0.29) is 16.0 Å². The van der Waals surface area contributed by atoms with Gasteiger partial charge in [0.15, 0.2) is 5.11 Å². The van der Waals surface area contributed by atoms with Gasteiger partial charge in [0.2, 0.25) is 0 Å². The normalized spacial score (nSPS) is 10.3.